The second-order valence-electron chi connectivity index (χ2n) is 8.31. The number of nitrogens with one attached hydrogen (secondary N) is 1. The van der Waals surface area contributed by atoms with E-state index in [2.05, 4.69) is 41.4 Å². The molecule has 0 saturated carbocycles. The van der Waals surface area contributed by atoms with Gasteiger partial charge in [-0.25, -0.2) is 8.42 Å². The van der Waals surface area contributed by atoms with Crippen LogP contribution in [0.4, 0.5) is 5.69 Å². The summed E-state index contributed by atoms with van der Waals surface area (Å²) in [6.45, 7) is 6.33. The number of benzene rings is 2. The Morgan fingerprint density at radius 1 is 1.07 bits per heavy atom. The highest BCUT2D eigenvalue weighted by Crippen LogP contribution is 2.28. The van der Waals surface area contributed by atoms with E-state index in [1.807, 2.05) is 12.1 Å². The molecule has 162 valence electrons. The van der Waals surface area contributed by atoms with Crippen molar-refractivity contribution in [1.29, 1.82) is 0 Å². The van der Waals surface area contributed by atoms with E-state index in [0.717, 1.165) is 63.8 Å². The second-order valence-corrected chi connectivity index (χ2v) is 10.2. The number of anilines is 1. The summed E-state index contributed by atoms with van der Waals surface area (Å²) in [5.41, 5.74) is 3.87. The van der Waals surface area contributed by atoms with Crippen LogP contribution in [0.25, 0.3) is 0 Å². The van der Waals surface area contributed by atoms with Gasteiger partial charge in [-0.3, -0.25) is 0 Å². The quantitative estimate of drug-likeness (QED) is 0.701. The van der Waals surface area contributed by atoms with E-state index in [0.29, 0.717) is 11.4 Å². The first-order valence-corrected chi connectivity index (χ1v) is 12.7. The Bertz CT molecular complexity index is 937. The van der Waals surface area contributed by atoms with Gasteiger partial charge < -0.3 is 10.2 Å². The largest absolute Gasteiger partial charge is 0.371 e. The molecule has 0 spiro atoms. The summed E-state index contributed by atoms with van der Waals surface area (Å²) in [7, 11) is -3.49. The van der Waals surface area contributed by atoms with Gasteiger partial charge in [-0.2, -0.15) is 4.31 Å². The maximum absolute atomic E-state index is 13.5. The molecule has 1 fully saturated rings. The fourth-order valence-corrected chi connectivity index (χ4v) is 6.41. The summed E-state index contributed by atoms with van der Waals surface area (Å²) in [5, 5.41) is 3.36. The Kier molecular flexibility index (Phi) is 6.76. The first-order valence-electron chi connectivity index (χ1n) is 11.2. The number of nitrogens with zero attached hydrogens (tertiary/aromatic N) is 2. The molecule has 0 atom stereocenters. The van der Waals surface area contributed by atoms with Gasteiger partial charge in [-0.15, -0.1) is 0 Å². The van der Waals surface area contributed by atoms with E-state index in [9.17, 15) is 8.42 Å². The van der Waals surface area contributed by atoms with E-state index in [4.69, 9.17) is 0 Å². The van der Waals surface area contributed by atoms with Crippen molar-refractivity contribution in [2.24, 2.45) is 0 Å². The van der Waals surface area contributed by atoms with Gasteiger partial charge >= 0.3 is 0 Å². The molecule has 2 heterocycles. The molecule has 6 heteroatoms. The Morgan fingerprint density at radius 2 is 1.80 bits per heavy atom. The second kappa shape index (κ2) is 9.50. The maximum atomic E-state index is 13.5. The number of piperidine rings is 1. The van der Waals surface area contributed by atoms with Crippen LogP contribution in [0.1, 0.15) is 37.3 Å². The van der Waals surface area contributed by atoms with Crippen molar-refractivity contribution in [2.45, 2.75) is 50.0 Å². The maximum Gasteiger partial charge on any atom is 0.243 e. The molecule has 5 nitrogen and oxygen atoms in total. The normalized spacial score (nSPS) is 17.5. The summed E-state index contributed by atoms with van der Waals surface area (Å²) in [6, 6.07) is 16.1. The van der Waals surface area contributed by atoms with Gasteiger partial charge in [-0.05, 0) is 74.5 Å². The van der Waals surface area contributed by atoms with Crippen LogP contribution < -0.4 is 10.2 Å². The third-order valence-electron chi connectivity index (χ3n) is 6.44. The molecule has 2 aromatic carbocycles. The van der Waals surface area contributed by atoms with Crippen molar-refractivity contribution in [3.63, 3.8) is 0 Å². The van der Waals surface area contributed by atoms with Crippen molar-refractivity contribution in [3.05, 3.63) is 59.7 Å². The molecular formula is C24H33N3O2S. The van der Waals surface area contributed by atoms with E-state index >= 15 is 0 Å². The van der Waals surface area contributed by atoms with E-state index in [1.54, 1.807) is 16.4 Å². The van der Waals surface area contributed by atoms with Crippen LogP contribution in [0.2, 0.25) is 0 Å². The molecular weight excluding hydrogens is 394 g/mol. The lowest BCUT2D eigenvalue weighted by Gasteiger charge is -2.34. The number of hydrogen-bond donors (Lipinski definition) is 1. The predicted octanol–water partition coefficient (Wildman–Crippen LogP) is 3.44. The van der Waals surface area contributed by atoms with Crippen molar-refractivity contribution in [3.8, 4) is 0 Å². The molecule has 0 bridgehead atoms. The van der Waals surface area contributed by atoms with Gasteiger partial charge in [0.25, 0.3) is 0 Å². The SMILES string of the molecule is CCc1ccc(S(=O)(=O)N(CCCN2CCc3ccccc32)C2CCNCC2)cc1. The van der Waals surface area contributed by atoms with Crippen molar-refractivity contribution >= 4 is 15.7 Å². The average Bonchev–Trinajstić information content (AvgIpc) is 3.20. The lowest BCUT2D eigenvalue weighted by Crippen LogP contribution is -2.47. The third-order valence-corrected chi connectivity index (χ3v) is 8.41. The molecule has 4 rings (SSSR count). The number of aryl methyl sites for hydroxylation is 1. The topological polar surface area (TPSA) is 52.7 Å². The van der Waals surface area contributed by atoms with Gasteiger partial charge in [0.1, 0.15) is 0 Å². The van der Waals surface area contributed by atoms with Crippen molar-refractivity contribution in [1.82, 2.24) is 9.62 Å². The van der Waals surface area contributed by atoms with Crippen LogP contribution in [0, 0.1) is 0 Å². The fourth-order valence-electron chi connectivity index (χ4n) is 4.68. The molecule has 30 heavy (non-hydrogen) atoms. The van der Waals surface area contributed by atoms with E-state index in [1.165, 1.54) is 11.3 Å². The predicted molar refractivity (Wildman–Crippen MR) is 123 cm³/mol. The van der Waals surface area contributed by atoms with E-state index < -0.39 is 10.0 Å². The highest BCUT2D eigenvalue weighted by Gasteiger charge is 2.32. The summed E-state index contributed by atoms with van der Waals surface area (Å²) >= 11 is 0. The average molecular weight is 428 g/mol. The molecule has 0 aromatic heterocycles. The first kappa shape index (κ1) is 21.3. The minimum atomic E-state index is -3.49. The Labute approximate surface area is 181 Å². The number of para-hydroxylation sites is 1. The van der Waals surface area contributed by atoms with E-state index in [-0.39, 0.29) is 6.04 Å². The van der Waals surface area contributed by atoms with Crippen LogP contribution in [0.3, 0.4) is 0 Å². The summed E-state index contributed by atoms with van der Waals surface area (Å²) in [5.74, 6) is 0. The lowest BCUT2D eigenvalue weighted by molar-refractivity contribution is 0.260. The molecule has 2 aromatic rings. The Morgan fingerprint density at radius 3 is 2.53 bits per heavy atom. The summed E-state index contributed by atoms with van der Waals surface area (Å²) in [4.78, 5) is 2.82. The van der Waals surface area contributed by atoms with Gasteiger partial charge in [-0.1, -0.05) is 37.3 Å². The molecule has 2 aliphatic heterocycles. The molecule has 1 N–H and O–H groups in total. The minimum Gasteiger partial charge on any atom is -0.371 e. The lowest BCUT2D eigenvalue weighted by atomic mass is 10.1. The van der Waals surface area contributed by atoms with Gasteiger partial charge in [0, 0.05) is 31.4 Å². The van der Waals surface area contributed by atoms with Crippen molar-refractivity contribution < 1.29 is 8.42 Å². The zero-order valence-electron chi connectivity index (χ0n) is 17.9. The zero-order valence-corrected chi connectivity index (χ0v) is 18.7. The van der Waals surface area contributed by atoms with Crippen LogP contribution in [0.15, 0.2) is 53.4 Å². The number of hydrogen-bond acceptors (Lipinski definition) is 4. The Balaban J connectivity index is 1.48. The smallest absolute Gasteiger partial charge is 0.243 e. The highest BCUT2D eigenvalue weighted by atomic mass is 32.2. The van der Waals surface area contributed by atoms with Gasteiger partial charge in [0.2, 0.25) is 10.0 Å². The van der Waals surface area contributed by atoms with Crippen LogP contribution in [-0.2, 0) is 22.9 Å². The van der Waals surface area contributed by atoms with Gasteiger partial charge in [0.05, 0.1) is 4.90 Å². The molecule has 1 saturated heterocycles. The molecule has 0 unspecified atom stereocenters. The Hall–Kier alpha value is -1.89. The summed E-state index contributed by atoms with van der Waals surface area (Å²) < 4.78 is 28.9. The summed E-state index contributed by atoms with van der Waals surface area (Å²) in [6.07, 6.45) is 4.58. The molecule has 0 amide bonds. The standard InChI is InChI=1S/C24H33N3O2S/c1-2-20-8-10-23(11-9-20)30(28,29)27(22-12-15-25-16-13-22)18-5-17-26-19-14-21-6-3-4-7-24(21)26/h3-4,6-11,22,25H,2,5,12-19H2,1H3. The number of rotatable bonds is 8. The molecule has 2 aliphatic rings. The molecule has 0 aliphatic carbocycles. The monoisotopic (exact) mass is 427 g/mol. The van der Waals surface area contributed by atoms with Crippen LogP contribution >= 0.6 is 0 Å². The third kappa shape index (κ3) is 4.56. The zero-order chi connectivity index (χ0) is 21.0. The highest BCUT2D eigenvalue weighted by molar-refractivity contribution is 7.89. The van der Waals surface area contributed by atoms with Crippen molar-refractivity contribution in [2.75, 3.05) is 37.6 Å². The van der Waals surface area contributed by atoms with Crippen LogP contribution in [-0.4, -0.2) is 51.5 Å². The minimum absolute atomic E-state index is 0.0768. The molecule has 0 radical (unpaired) electrons. The van der Waals surface area contributed by atoms with Gasteiger partial charge in [0.15, 0.2) is 0 Å². The fraction of sp³-hybridized carbons (Fsp3) is 0.500. The number of fused-ring (bicyclic) bond motifs is 1. The number of sulfonamides is 1. The van der Waals surface area contributed by atoms with Crippen LogP contribution in [0.5, 0.6) is 0 Å². The first-order chi connectivity index (χ1) is 14.6.